The predicted octanol–water partition coefficient (Wildman–Crippen LogP) is 3.24. The van der Waals surface area contributed by atoms with Crippen LogP contribution in [0.3, 0.4) is 0 Å². The number of aryl methyl sites for hydroxylation is 1. The second-order valence-electron chi connectivity index (χ2n) is 4.80. The number of hydrogen-bond donors (Lipinski definition) is 2. The Hall–Kier alpha value is -2.49. The highest BCUT2D eigenvalue weighted by atomic mass is 16.5. The molecule has 0 heterocycles. The highest BCUT2D eigenvalue weighted by Gasteiger charge is 2.16. The van der Waals surface area contributed by atoms with Crippen molar-refractivity contribution in [2.24, 2.45) is 0 Å². The van der Waals surface area contributed by atoms with Crippen molar-refractivity contribution in [1.29, 1.82) is 0 Å². The van der Waals surface area contributed by atoms with Crippen molar-refractivity contribution in [1.82, 2.24) is 0 Å². The molecule has 0 aliphatic heterocycles. The summed E-state index contributed by atoms with van der Waals surface area (Å²) in [6.07, 6.45) is 0.258. The van der Waals surface area contributed by atoms with Gasteiger partial charge in [0.1, 0.15) is 5.75 Å². The molecule has 0 bridgehead atoms. The first-order valence-electron chi connectivity index (χ1n) is 7.01. The fourth-order valence-corrected chi connectivity index (χ4v) is 2.00. The molecule has 0 saturated heterocycles. The number of para-hydroxylation sites is 3. The van der Waals surface area contributed by atoms with E-state index in [1.54, 1.807) is 19.1 Å². The van der Waals surface area contributed by atoms with Crippen LogP contribution in [0.25, 0.3) is 0 Å². The number of nitrogens with two attached hydrogens (primary N) is 1. The third kappa shape index (κ3) is 3.75. The maximum absolute atomic E-state index is 12.2. The maximum atomic E-state index is 12.2. The van der Waals surface area contributed by atoms with E-state index < -0.39 is 6.10 Å². The van der Waals surface area contributed by atoms with Crippen LogP contribution >= 0.6 is 0 Å². The number of rotatable bonds is 5. The molecule has 3 N–H and O–H groups in total. The predicted molar refractivity (Wildman–Crippen MR) is 85.4 cm³/mol. The molecule has 0 aliphatic carbocycles. The number of carbonyl (C=O) groups excluding carboxylic acids is 1. The van der Waals surface area contributed by atoms with Gasteiger partial charge >= 0.3 is 0 Å². The lowest BCUT2D eigenvalue weighted by atomic mass is 10.1. The van der Waals surface area contributed by atoms with Crippen molar-refractivity contribution in [3.05, 3.63) is 54.1 Å². The van der Waals surface area contributed by atoms with Gasteiger partial charge in [0.15, 0.2) is 6.10 Å². The molecule has 110 valence electrons. The first kappa shape index (κ1) is 14.9. The third-order valence-corrected chi connectivity index (χ3v) is 3.25. The summed E-state index contributed by atoms with van der Waals surface area (Å²) in [6.45, 7) is 3.78. The standard InChI is InChI=1S/C17H20N2O2/c1-3-13-8-4-7-11-16(13)21-12(2)17(20)19-15-10-6-5-9-14(15)18/h4-12H,3,18H2,1-2H3,(H,19,20). The monoisotopic (exact) mass is 284 g/mol. The summed E-state index contributed by atoms with van der Waals surface area (Å²) in [6, 6.07) is 14.9. The van der Waals surface area contributed by atoms with Crippen molar-refractivity contribution in [2.45, 2.75) is 26.4 Å². The number of ether oxygens (including phenoxy) is 1. The fourth-order valence-electron chi connectivity index (χ4n) is 2.00. The molecule has 0 spiro atoms. The number of hydrogen-bond acceptors (Lipinski definition) is 3. The molecule has 0 aromatic heterocycles. The quantitative estimate of drug-likeness (QED) is 0.828. The Balaban J connectivity index is 2.05. The lowest BCUT2D eigenvalue weighted by molar-refractivity contribution is -0.122. The average molecular weight is 284 g/mol. The molecule has 2 rings (SSSR count). The Kier molecular flexibility index (Phi) is 4.82. The van der Waals surface area contributed by atoms with Crippen molar-refractivity contribution in [3.63, 3.8) is 0 Å². The van der Waals surface area contributed by atoms with Gasteiger partial charge in [0, 0.05) is 0 Å². The smallest absolute Gasteiger partial charge is 0.265 e. The van der Waals surface area contributed by atoms with Crippen LogP contribution in [0.4, 0.5) is 11.4 Å². The second kappa shape index (κ2) is 6.79. The Labute approximate surface area is 124 Å². The van der Waals surface area contributed by atoms with E-state index in [0.29, 0.717) is 11.4 Å². The van der Waals surface area contributed by atoms with Crippen LogP contribution in [0.2, 0.25) is 0 Å². The van der Waals surface area contributed by atoms with Gasteiger partial charge < -0.3 is 15.8 Å². The largest absolute Gasteiger partial charge is 0.481 e. The highest BCUT2D eigenvalue weighted by Crippen LogP contribution is 2.21. The number of nitrogen functional groups attached to an aromatic ring is 1. The first-order chi connectivity index (χ1) is 10.1. The molecule has 2 aromatic rings. The summed E-state index contributed by atoms with van der Waals surface area (Å²) in [5.74, 6) is 0.516. The van der Waals surface area contributed by atoms with E-state index in [-0.39, 0.29) is 5.91 Å². The van der Waals surface area contributed by atoms with E-state index in [4.69, 9.17) is 10.5 Å². The van der Waals surface area contributed by atoms with Crippen LogP contribution in [-0.4, -0.2) is 12.0 Å². The van der Waals surface area contributed by atoms with Crippen molar-refractivity contribution >= 4 is 17.3 Å². The zero-order valence-electron chi connectivity index (χ0n) is 12.3. The number of nitrogens with one attached hydrogen (secondary N) is 1. The zero-order chi connectivity index (χ0) is 15.2. The minimum atomic E-state index is -0.600. The van der Waals surface area contributed by atoms with Gasteiger partial charge in [0.2, 0.25) is 0 Å². The van der Waals surface area contributed by atoms with E-state index in [1.165, 1.54) is 0 Å². The van der Waals surface area contributed by atoms with Crippen LogP contribution in [0, 0.1) is 0 Å². The number of anilines is 2. The van der Waals surface area contributed by atoms with Gasteiger partial charge in [-0.25, -0.2) is 0 Å². The molecule has 0 radical (unpaired) electrons. The van der Waals surface area contributed by atoms with E-state index >= 15 is 0 Å². The fraction of sp³-hybridized carbons (Fsp3) is 0.235. The summed E-state index contributed by atoms with van der Waals surface area (Å²) in [4.78, 5) is 12.2. The van der Waals surface area contributed by atoms with Gasteiger partial charge in [-0.3, -0.25) is 4.79 Å². The maximum Gasteiger partial charge on any atom is 0.265 e. The normalized spacial score (nSPS) is 11.7. The topological polar surface area (TPSA) is 64.3 Å². The molecule has 1 unspecified atom stereocenters. The average Bonchev–Trinajstić information content (AvgIpc) is 2.50. The molecule has 4 heteroatoms. The van der Waals surface area contributed by atoms with Crippen LogP contribution in [0.5, 0.6) is 5.75 Å². The molecular formula is C17H20N2O2. The second-order valence-corrected chi connectivity index (χ2v) is 4.80. The highest BCUT2D eigenvalue weighted by molar-refractivity contribution is 5.96. The molecule has 21 heavy (non-hydrogen) atoms. The lowest BCUT2D eigenvalue weighted by Gasteiger charge is -2.17. The number of carbonyl (C=O) groups is 1. The number of benzene rings is 2. The van der Waals surface area contributed by atoms with Crippen LogP contribution in [0.15, 0.2) is 48.5 Å². The Morgan fingerprint density at radius 2 is 1.86 bits per heavy atom. The van der Waals surface area contributed by atoms with E-state index in [0.717, 1.165) is 17.7 Å². The SMILES string of the molecule is CCc1ccccc1OC(C)C(=O)Nc1ccccc1N. The van der Waals surface area contributed by atoms with E-state index in [9.17, 15) is 4.79 Å². The van der Waals surface area contributed by atoms with Gasteiger partial charge in [-0.2, -0.15) is 0 Å². The molecule has 1 atom stereocenters. The van der Waals surface area contributed by atoms with Gasteiger partial charge in [0.25, 0.3) is 5.91 Å². The van der Waals surface area contributed by atoms with Gasteiger partial charge in [-0.1, -0.05) is 37.3 Å². The van der Waals surface area contributed by atoms with Gasteiger partial charge in [-0.05, 0) is 37.1 Å². The summed E-state index contributed by atoms with van der Waals surface area (Å²) < 4.78 is 5.76. The summed E-state index contributed by atoms with van der Waals surface area (Å²) >= 11 is 0. The third-order valence-electron chi connectivity index (χ3n) is 3.25. The summed E-state index contributed by atoms with van der Waals surface area (Å²) in [5.41, 5.74) is 8.02. The van der Waals surface area contributed by atoms with E-state index in [2.05, 4.69) is 12.2 Å². The van der Waals surface area contributed by atoms with Crippen molar-refractivity contribution in [2.75, 3.05) is 11.1 Å². The molecule has 2 aromatic carbocycles. The van der Waals surface area contributed by atoms with Gasteiger partial charge in [-0.15, -0.1) is 0 Å². The van der Waals surface area contributed by atoms with Crippen molar-refractivity contribution < 1.29 is 9.53 Å². The van der Waals surface area contributed by atoms with Gasteiger partial charge in [0.05, 0.1) is 11.4 Å². The van der Waals surface area contributed by atoms with Crippen LogP contribution in [0.1, 0.15) is 19.4 Å². The molecule has 1 amide bonds. The zero-order valence-corrected chi connectivity index (χ0v) is 12.3. The summed E-state index contributed by atoms with van der Waals surface area (Å²) in [5, 5.41) is 2.78. The minimum Gasteiger partial charge on any atom is -0.481 e. The molecular weight excluding hydrogens is 264 g/mol. The van der Waals surface area contributed by atoms with Crippen LogP contribution < -0.4 is 15.8 Å². The molecule has 0 aliphatic rings. The number of amides is 1. The van der Waals surface area contributed by atoms with Crippen molar-refractivity contribution in [3.8, 4) is 5.75 Å². The Morgan fingerprint density at radius 3 is 2.57 bits per heavy atom. The lowest BCUT2D eigenvalue weighted by Crippen LogP contribution is -2.30. The Bertz CT molecular complexity index is 626. The van der Waals surface area contributed by atoms with Crippen LogP contribution in [-0.2, 0) is 11.2 Å². The minimum absolute atomic E-state index is 0.223. The molecule has 0 saturated carbocycles. The molecule has 4 nitrogen and oxygen atoms in total. The van der Waals surface area contributed by atoms with E-state index in [1.807, 2.05) is 36.4 Å². The summed E-state index contributed by atoms with van der Waals surface area (Å²) in [7, 11) is 0. The first-order valence-corrected chi connectivity index (χ1v) is 7.01. The Morgan fingerprint density at radius 1 is 1.19 bits per heavy atom. The molecule has 0 fully saturated rings.